The molecule has 230 valence electrons. The van der Waals surface area contributed by atoms with Crippen LogP contribution >= 0.6 is 11.3 Å². The Morgan fingerprint density at radius 1 is 0.367 bits per heavy atom. The van der Waals surface area contributed by atoms with Crippen LogP contribution in [-0.4, -0.2) is 4.57 Å². The van der Waals surface area contributed by atoms with Crippen molar-refractivity contribution < 1.29 is 0 Å². The van der Waals surface area contributed by atoms with Gasteiger partial charge in [-0.05, 0) is 94.7 Å². The summed E-state index contributed by atoms with van der Waals surface area (Å²) in [5.41, 5.74) is 9.33. The predicted molar refractivity (Wildman–Crippen MR) is 211 cm³/mol. The zero-order chi connectivity index (χ0) is 32.3. The lowest BCUT2D eigenvalue weighted by atomic mass is 10.0. The van der Waals surface area contributed by atoms with E-state index in [-0.39, 0.29) is 0 Å². The maximum Gasteiger partial charge on any atom is 0.0561 e. The van der Waals surface area contributed by atoms with E-state index < -0.39 is 0 Å². The van der Waals surface area contributed by atoms with Crippen LogP contribution in [0.15, 0.2) is 182 Å². The van der Waals surface area contributed by atoms with Crippen molar-refractivity contribution in [2.24, 2.45) is 0 Å². The van der Waals surface area contributed by atoms with Gasteiger partial charge in [0.1, 0.15) is 0 Å². The van der Waals surface area contributed by atoms with Gasteiger partial charge >= 0.3 is 0 Å². The minimum atomic E-state index is 1.11. The molecule has 0 unspecified atom stereocenters. The summed E-state index contributed by atoms with van der Waals surface area (Å²) in [4.78, 5) is 2.41. The average molecular weight is 643 g/mol. The highest BCUT2D eigenvalue weighted by Gasteiger charge is 2.19. The zero-order valence-corrected chi connectivity index (χ0v) is 27.4. The summed E-state index contributed by atoms with van der Waals surface area (Å²) >= 11 is 1.86. The number of fused-ring (bicyclic) bond motifs is 7. The van der Waals surface area contributed by atoms with Gasteiger partial charge in [-0.25, -0.2) is 0 Å². The molecule has 0 saturated heterocycles. The Hall–Kier alpha value is -6.16. The van der Waals surface area contributed by atoms with Crippen LogP contribution in [0.5, 0.6) is 0 Å². The monoisotopic (exact) mass is 642 g/mol. The van der Waals surface area contributed by atoms with Crippen molar-refractivity contribution >= 4 is 81.1 Å². The van der Waals surface area contributed by atoms with Crippen LogP contribution in [0.2, 0.25) is 0 Å². The van der Waals surface area contributed by atoms with Gasteiger partial charge in [-0.2, -0.15) is 0 Å². The Kier molecular flexibility index (Phi) is 6.39. The molecular weight excluding hydrogens is 613 g/mol. The summed E-state index contributed by atoms with van der Waals surface area (Å²) in [5, 5.41) is 7.58. The van der Waals surface area contributed by atoms with Crippen LogP contribution in [0.4, 0.5) is 17.1 Å². The Labute approximate surface area is 288 Å². The van der Waals surface area contributed by atoms with Crippen molar-refractivity contribution in [2.75, 3.05) is 4.90 Å². The lowest BCUT2D eigenvalue weighted by molar-refractivity contribution is 1.18. The molecule has 2 aromatic heterocycles. The lowest BCUT2D eigenvalue weighted by Crippen LogP contribution is -2.10. The highest BCUT2D eigenvalue weighted by Crippen LogP contribution is 2.43. The SMILES string of the molecule is c1ccc(-c2ccc(N(c3ccc4sc5ccccc5c4c3)c3ccc4c5cc6ccccc6cc5n(-c5ccccc5)c4c3)cc2)cc1. The van der Waals surface area contributed by atoms with Gasteiger partial charge in [0.25, 0.3) is 0 Å². The van der Waals surface area contributed by atoms with Gasteiger partial charge in [0.2, 0.25) is 0 Å². The third-order valence-corrected chi connectivity index (χ3v) is 10.9. The quantitative estimate of drug-likeness (QED) is 0.181. The zero-order valence-electron chi connectivity index (χ0n) is 26.6. The number of hydrogen-bond acceptors (Lipinski definition) is 2. The summed E-state index contributed by atoms with van der Waals surface area (Å²) in [6.07, 6.45) is 0. The number of hydrogen-bond donors (Lipinski definition) is 0. The Morgan fingerprint density at radius 2 is 0.959 bits per heavy atom. The third-order valence-electron chi connectivity index (χ3n) is 9.74. The molecule has 0 fully saturated rings. The van der Waals surface area contributed by atoms with Gasteiger partial charge in [0.15, 0.2) is 0 Å². The molecule has 0 N–H and O–H groups in total. The van der Waals surface area contributed by atoms with E-state index in [4.69, 9.17) is 0 Å². The van der Waals surface area contributed by atoms with E-state index in [1.807, 2.05) is 11.3 Å². The summed E-state index contributed by atoms with van der Waals surface area (Å²) in [5.74, 6) is 0. The second-order valence-electron chi connectivity index (χ2n) is 12.6. The summed E-state index contributed by atoms with van der Waals surface area (Å²) in [7, 11) is 0. The number of aromatic nitrogens is 1. The molecular formula is C46H30N2S. The highest BCUT2D eigenvalue weighted by molar-refractivity contribution is 7.25. The number of nitrogens with zero attached hydrogens (tertiary/aromatic N) is 2. The molecule has 0 bridgehead atoms. The first-order chi connectivity index (χ1) is 24.3. The van der Waals surface area contributed by atoms with Gasteiger partial charge in [0.05, 0.1) is 11.0 Å². The molecule has 10 rings (SSSR count). The van der Waals surface area contributed by atoms with E-state index in [0.717, 1.165) is 22.7 Å². The van der Waals surface area contributed by atoms with Crippen molar-refractivity contribution in [1.82, 2.24) is 4.57 Å². The largest absolute Gasteiger partial charge is 0.310 e. The van der Waals surface area contributed by atoms with Crippen LogP contribution in [0.25, 0.3) is 69.6 Å². The van der Waals surface area contributed by atoms with Crippen LogP contribution < -0.4 is 4.90 Å². The molecule has 49 heavy (non-hydrogen) atoms. The molecule has 0 aliphatic rings. The normalized spacial score (nSPS) is 11.7. The fourth-order valence-corrected chi connectivity index (χ4v) is 8.51. The second-order valence-corrected chi connectivity index (χ2v) is 13.7. The van der Waals surface area contributed by atoms with Gasteiger partial charge in [0, 0.05) is 53.7 Å². The first kappa shape index (κ1) is 27.9. The minimum absolute atomic E-state index is 1.11. The molecule has 2 nitrogen and oxygen atoms in total. The average Bonchev–Trinajstić information content (AvgIpc) is 3.69. The molecule has 0 aliphatic carbocycles. The van der Waals surface area contributed by atoms with E-state index in [9.17, 15) is 0 Å². The number of thiophene rings is 1. The van der Waals surface area contributed by atoms with E-state index in [1.165, 1.54) is 63.9 Å². The molecule has 0 radical (unpaired) electrons. The van der Waals surface area contributed by atoms with E-state index in [2.05, 4.69) is 191 Å². The van der Waals surface area contributed by atoms with Crippen LogP contribution in [0.3, 0.4) is 0 Å². The summed E-state index contributed by atoms with van der Waals surface area (Å²) < 4.78 is 5.04. The van der Waals surface area contributed by atoms with E-state index in [0.29, 0.717) is 0 Å². The van der Waals surface area contributed by atoms with Crippen molar-refractivity contribution in [1.29, 1.82) is 0 Å². The smallest absolute Gasteiger partial charge is 0.0561 e. The fraction of sp³-hybridized carbons (Fsp3) is 0. The van der Waals surface area contributed by atoms with Crippen molar-refractivity contribution in [3.05, 3.63) is 182 Å². The number of anilines is 3. The molecule has 0 saturated carbocycles. The standard InChI is InChI=1S/C46H30N2S/c1-3-11-31(12-4-1)32-19-21-36(22-20-32)47(37-24-26-46-42(29-37)40-17-9-10-18-45(40)49-46)38-23-25-39-41-27-33-13-7-8-14-34(33)28-43(41)48(44(39)30-38)35-15-5-2-6-16-35/h1-30H. The summed E-state index contributed by atoms with van der Waals surface area (Å²) in [6, 6.07) is 66.3. The topological polar surface area (TPSA) is 8.17 Å². The van der Waals surface area contributed by atoms with Crippen LogP contribution in [0.1, 0.15) is 0 Å². The maximum absolute atomic E-state index is 2.42. The maximum atomic E-state index is 2.42. The summed E-state index contributed by atoms with van der Waals surface area (Å²) in [6.45, 7) is 0. The third kappa shape index (κ3) is 4.62. The molecule has 2 heterocycles. The lowest BCUT2D eigenvalue weighted by Gasteiger charge is -2.26. The molecule has 0 aliphatic heterocycles. The Bertz CT molecular complexity index is 2810. The highest BCUT2D eigenvalue weighted by atomic mass is 32.1. The first-order valence-corrected chi connectivity index (χ1v) is 17.5. The van der Waals surface area contributed by atoms with Crippen LogP contribution in [0, 0.1) is 0 Å². The van der Waals surface area contributed by atoms with Crippen molar-refractivity contribution in [3.63, 3.8) is 0 Å². The van der Waals surface area contributed by atoms with Gasteiger partial charge in [-0.15, -0.1) is 11.3 Å². The van der Waals surface area contributed by atoms with Gasteiger partial charge < -0.3 is 9.47 Å². The van der Waals surface area contributed by atoms with Crippen LogP contribution in [-0.2, 0) is 0 Å². The Balaban J connectivity index is 1.22. The predicted octanol–water partition coefficient (Wildman–Crippen LogP) is 13.4. The number of para-hydroxylation sites is 1. The molecule has 0 atom stereocenters. The molecule has 10 aromatic rings. The molecule has 8 aromatic carbocycles. The molecule has 0 spiro atoms. The van der Waals surface area contributed by atoms with Gasteiger partial charge in [-0.1, -0.05) is 109 Å². The Morgan fingerprint density at radius 3 is 1.78 bits per heavy atom. The number of benzene rings is 8. The van der Waals surface area contributed by atoms with Crippen molar-refractivity contribution in [3.8, 4) is 16.8 Å². The van der Waals surface area contributed by atoms with E-state index >= 15 is 0 Å². The first-order valence-electron chi connectivity index (χ1n) is 16.7. The molecule has 0 amide bonds. The minimum Gasteiger partial charge on any atom is -0.310 e. The van der Waals surface area contributed by atoms with Crippen molar-refractivity contribution in [2.45, 2.75) is 0 Å². The number of rotatable bonds is 5. The van der Waals surface area contributed by atoms with Gasteiger partial charge in [-0.3, -0.25) is 0 Å². The molecule has 3 heteroatoms. The fourth-order valence-electron chi connectivity index (χ4n) is 7.42. The van der Waals surface area contributed by atoms with E-state index in [1.54, 1.807) is 0 Å². The second kappa shape index (κ2) is 11.2.